The fourth-order valence-electron chi connectivity index (χ4n) is 4.03. The van der Waals surface area contributed by atoms with Gasteiger partial charge in [-0.15, -0.1) is 0 Å². The van der Waals surface area contributed by atoms with Crippen LogP contribution in [0.3, 0.4) is 0 Å². The van der Waals surface area contributed by atoms with Crippen molar-refractivity contribution >= 4 is 40.0 Å². The first kappa shape index (κ1) is 31.9. The summed E-state index contributed by atoms with van der Waals surface area (Å²) < 4.78 is 25.1. The number of hydrogen-bond donors (Lipinski definition) is 0. The zero-order valence-corrected chi connectivity index (χ0v) is 28.4. The van der Waals surface area contributed by atoms with E-state index in [1.807, 2.05) is 13.0 Å². The van der Waals surface area contributed by atoms with Crippen LogP contribution in [0.5, 0.6) is 11.5 Å². The summed E-state index contributed by atoms with van der Waals surface area (Å²) in [5, 5.41) is 0.0516. The topological polar surface area (TPSA) is 74.4 Å². The number of epoxide rings is 1. The molecule has 0 bridgehead atoms. The minimum atomic E-state index is -2.41. The second kappa shape index (κ2) is 11.3. The van der Waals surface area contributed by atoms with E-state index in [-0.39, 0.29) is 51.2 Å². The van der Waals surface area contributed by atoms with Gasteiger partial charge in [0.2, 0.25) is 0 Å². The molecular weight excluding hydrogens is 548 g/mol. The number of ether oxygens (including phenoxy) is 2. The summed E-state index contributed by atoms with van der Waals surface area (Å²) in [6.07, 6.45) is 5.44. The first-order valence-corrected chi connectivity index (χ1v) is 20.2. The van der Waals surface area contributed by atoms with E-state index < -0.39 is 22.6 Å². The quantitative estimate of drug-likeness (QED) is 0.198. The fourth-order valence-corrected chi connectivity index (χ4v) is 6.38. The van der Waals surface area contributed by atoms with Crippen molar-refractivity contribution in [3.05, 3.63) is 34.4 Å². The summed E-state index contributed by atoms with van der Waals surface area (Å²) in [4.78, 5) is 27.0. The predicted octanol–water partition coefficient (Wildman–Crippen LogP) is 8.27. The maximum Gasteiger partial charge on any atom is 0.342 e. The van der Waals surface area contributed by atoms with E-state index in [1.165, 1.54) is 0 Å². The van der Waals surface area contributed by atoms with Crippen LogP contribution in [0, 0.1) is 0 Å². The van der Waals surface area contributed by atoms with Crippen LogP contribution in [0.15, 0.2) is 18.2 Å². The van der Waals surface area contributed by atoms with Gasteiger partial charge < -0.3 is 18.3 Å². The maximum absolute atomic E-state index is 13.8. The Hall–Kier alpha value is -1.62. The summed E-state index contributed by atoms with van der Waals surface area (Å²) in [5.74, 6) is 0.130. The van der Waals surface area contributed by atoms with E-state index >= 15 is 0 Å². The molecule has 0 amide bonds. The van der Waals surface area contributed by atoms with Crippen LogP contribution in [-0.4, -0.2) is 46.7 Å². The summed E-state index contributed by atoms with van der Waals surface area (Å²) in [6.45, 7) is 23.3. The second-order valence-corrected chi connectivity index (χ2v) is 23.9. The molecule has 0 aromatic heterocycles. The minimum absolute atomic E-state index is 0.0563. The van der Waals surface area contributed by atoms with Crippen LogP contribution < -0.4 is 8.85 Å². The Balaban J connectivity index is 2.22. The molecule has 1 fully saturated rings. The first-order valence-electron chi connectivity index (χ1n) is 14.0. The van der Waals surface area contributed by atoms with E-state index in [2.05, 4.69) is 67.7 Å². The molecule has 2 aliphatic heterocycles. The molecule has 0 saturated carbocycles. The predicted molar refractivity (Wildman–Crippen MR) is 162 cm³/mol. The van der Waals surface area contributed by atoms with Crippen molar-refractivity contribution in [2.24, 2.45) is 0 Å². The van der Waals surface area contributed by atoms with Crippen molar-refractivity contribution < 1.29 is 27.9 Å². The van der Waals surface area contributed by atoms with Crippen molar-refractivity contribution in [1.29, 1.82) is 0 Å². The van der Waals surface area contributed by atoms with Gasteiger partial charge in [0.1, 0.15) is 23.2 Å². The molecule has 0 aliphatic carbocycles. The Labute approximate surface area is 242 Å². The lowest BCUT2D eigenvalue weighted by atomic mass is 9.99. The Bertz CT molecular complexity index is 1130. The minimum Gasteiger partial charge on any atom is -0.543 e. The number of benzene rings is 1. The summed E-state index contributed by atoms with van der Waals surface area (Å²) in [7, 11) is -4.72. The Kier molecular flexibility index (Phi) is 9.28. The lowest BCUT2D eigenvalue weighted by molar-refractivity contribution is -0.114. The molecule has 0 unspecified atom stereocenters. The summed E-state index contributed by atoms with van der Waals surface area (Å²) >= 11 is 7.01. The first-order chi connectivity index (χ1) is 17.7. The number of halogens is 1. The molecule has 6 nitrogen and oxygen atoms in total. The van der Waals surface area contributed by atoms with Gasteiger partial charge in [-0.05, 0) is 62.1 Å². The monoisotopic (exact) mass is 594 g/mol. The number of allylic oxidation sites excluding steroid dienone is 2. The number of ketones is 1. The molecule has 0 radical (unpaired) electrons. The highest BCUT2D eigenvalue weighted by molar-refractivity contribution is 6.75. The average molecular weight is 595 g/mol. The van der Waals surface area contributed by atoms with E-state index in [9.17, 15) is 9.59 Å². The summed E-state index contributed by atoms with van der Waals surface area (Å²) in [5.41, 5.74) is 0.609. The van der Waals surface area contributed by atoms with Crippen molar-refractivity contribution in [3.63, 3.8) is 0 Å². The molecule has 0 N–H and O–H groups in total. The van der Waals surface area contributed by atoms with Crippen LogP contribution in [0.4, 0.5) is 0 Å². The number of rotatable bonds is 4. The van der Waals surface area contributed by atoms with E-state index in [0.29, 0.717) is 23.5 Å². The van der Waals surface area contributed by atoms with E-state index in [1.54, 1.807) is 12.1 Å². The number of fused-ring (bicyclic) bond motifs is 2. The van der Waals surface area contributed by atoms with Crippen molar-refractivity contribution in [1.82, 2.24) is 0 Å². The molecule has 39 heavy (non-hydrogen) atoms. The van der Waals surface area contributed by atoms with Gasteiger partial charge in [0.05, 0.1) is 17.2 Å². The van der Waals surface area contributed by atoms with Gasteiger partial charge in [-0.1, -0.05) is 59.2 Å². The maximum atomic E-state index is 13.8. The number of hydrogen-bond acceptors (Lipinski definition) is 6. The molecule has 9 heteroatoms. The highest BCUT2D eigenvalue weighted by atomic mass is 35.5. The molecular formula is C30H47ClO6Si2. The Morgan fingerprint density at radius 1 is 0.923 bits per heavy atom. The van der Waals surface area contributed by atoms with Crippen LogP contribution in [-0.2, 0) is 20.7 Å². The van der Waals surface area contributed by atoms with E-state index in [4.69, 9.17) is 29.9 Å². The van der Waals surface area contributed by atoms with Gasteiger partial charge in [0, 0.05) is 24.5 Å². The lowest BCUT2D eigenvalue weighted by Crippen LogP contribution is -2.45. The number of esters is 1. The van der Waals surface area contributed by atoms with Crippen LogP contribution >= 0.6 is 11.6 Å². The molecule has 218 valence electrons. The van der Waals surface area contributed by atoms with Gasteiger partial charge in [-0.3, -0.25) is 4.79 Å². The van der Waals surface area contributed by atoms with Crippen molar-refractivity contribution in [2.75, 3.05) is 0 Å². The SMILES string of the molecule is C[C@@H]1C[C@H]2O[C@@H]2CC/C=C\C(=O)Cc2c(Cl)c(O[Si](C)(C)C(C)(C)C)cc(O[Si](C)(C)C(C)(C)C)c2C(=O)O1. The number of cyclic esters (lactones) is 1. The standard InChI is InChI=1S/C30H47ClO6Si2/c1-19-16-23-22(35-23)15-13-12-14-20(32)17-21-26(28(33)34-19)24(36-38(8,9)29(2,3)4)18-25(27(21)31)37-39(10,11)30(5,6)7/h12,14,18-19,22-23H,13,15-17H2,1-11H3/b14-12-/t19-,22-,23-/m1/s1. The molecule has 0 spiro atoms. The van der Waals surface area contributed by atoms with Gasteiger partial charge in [-0.2, -0.15) is 0 Å². The number of carbonyl (C=O) groups excluding carboxylic acids is 2. The average Bonchev–Trinajstić information content (AvgIpc) is 3.49. The highest BCUT2D eigenvalue weighted by Crippen LogP contribution is 2.46. The highest BCUT2D eigenvalue weighted by Gasteiger charge is 2.43. The van der Waals surface area contributed by atoms with Gasteiger partial charge in [0.25, 0.3) is 16.6 Å². The zero-order valence-electron chi connectivity index (χ0n) is 25.6. The molecule has 1 aromatic rings. The fraction of sp³-hybridized carbons (Fsp3) is 0.667. The second-order valence-electron chi connectivity index (χ2n) is 14.1. The molecule has 1 aromatic carbocycles. The molecule has 3 atom stereocenters. The molecule has 3 rings (SSSR count). The normalized spacial score (nSPS) is 24.2. The summed E-state index contributed by atoms with van der Waals surface area (Å²) in [6, 6.07) is 1.75. The third-order valence-electron chi connectivity index (χ3n) is 8.67. The van der Waals surface area contributed by atoms with Gasteiger partial charge in [0.15, 0.2) is 5.78 Å². The number of carbonyl (C=O) groups is 2. The molecule has 2 aliphatic rings. The van der Waals surface area contributed by atoms with Crippen LogP contribution in [0.25, 0.3) is 0 Å². The Morgan fingerprint density at radius 2 is 1.49 bits per heavy atom. The third kappa shape index (κ3) is 7.57. The largest absolute Gasteiger partial charge is 0.543 e. The van der Waals surface area contributed by atoms with E-state index in [0.717, 1.165) is 12.8 Å². The zero-order chi connectivity index (χ0) is 29.6. The third-order valence-corrected chi connectivity index (χ3v) is 17.8. The lowest BCUT2D eigenvalue weighted by Gasteiger charge is -2.39. The van der Waals surface area contributed by atoms with Crippen molar-refractivity contribution in [3.8, 4) is 11.5 Å². The van der Waals surface area contributed by atoms with Crippen LogP contribution in [0.1, 0.15) is 83.7 Å². The Morgan fingerprint density at radius 3 is 2.05 bits per heavy atom. The van der Waals surface area contributed by atoms with Crippen molar-refractivity contribution in [2.45, 2.75) is 129 Å². The molecule has 1 saturated heterocycles. The van der Waals surface area contributed by atoms with Gasteiger partial charge in [-0.25, -0.2) is 4.79 Å². The molecule has 2 heterocycles. The van der Waals surface area contributed by atoms with Gasteiger partial charge >= 0.3 is 5.97 Å². The van der Waals surface area contributed by atoms with Crippen LogP contribution in [0.2, 0.25) is 41.3 Å². The smallest absolute Gasteiger partial charge is 0.342 e.